The zero-order chi connectivity index (χ0) is 29.4. The van der Waals surface area contributed by atoms with E-state index >= 15 is 0 Å². The molecule has 0 saturated carbocycles. The lowest BCUT2D eigenvalue weighted by molar-refractivity contribution is -0.124. The van der Waals surface area contributed by atoms with E-state index in [9.17, 15) is 24.3 Å². The molecule has 0 radical (unpaired) electrons. The number of aromatic hydroxyl groups is 1. The molecular formula is C30H35N5O5S. The monoisotopic (exact) mass is 577 g/mol. The molecule has 10 nitrogen and oxygen atoms in total. The van der Waals surface area contributed by atoms with E-state index in [1.807, 2.05) is 44.2 Å². The Morgan fingerprint density at radius 1 is 1.05 bits per heavy atom. The van der Waals surface area contributed by atoms with Crippen LogP contribution in [-0.2, 0) is 16.0 Å². The third-order valence-corrected chi connectivity index (χ3v) is 7.77. The quantitative estimate of drug-likeness (QED) is 0.315. The highest BCUT2D eigenvalue weighted by Gasteiger charge is 2.29. The molecule has 0 fully saturated rings. The molecule has 2 bridgehead atoms. The molecule has 2 aromatic carbocycles. The minimum Gasteiger partial charge on any atom is -0.508 e. The number of benzene rings is 2. The normalized spacial score (nSPS) is 20.6. The van der Waals surface area contributed by atoms with Gasteiger partial charge in [-0.2, -0.15) is 0 Å². The summed E-state index contributed by atoms with van der Waals surface area (Å²) in [6.45, 7) is 4.21. The Morgan fingerprint density at radius 2 is 1.83 bits per heavy atom. The van der Waals surface area contributed by atoms with Gasteiger partial charge in [-0.1, -0.05) is 50.2 Å². The summed E-state index contributed by atoms with van der Waals surface area (Å²) in [6, 6.07) is 13.2. The van der Waals surface area contributed by atoms with Gasteiger partial charge in [0, 0.05) is 23.9 Å². The van der Waals surface area contributed by atoms with Crippen LogP contribution in [0.3, 0.4) is 0 Å². The van der Waals surface area contributed by atoms with Crippen LogP contribution in [0.5, 0.6) is 5.75 Å². The van der Waals surface area contributed by atoms with Crippen molar-refractivity contribution in [2.45, 2.75) is 57.7 Å². The number of nitrogens with zero attached hydrogens (tertiary/aromatic N) is 1. The van der Waals surface area contributed by atoms with Crippen molar-refractivity contribution in [2.75, 3.05) is 6.54 Å². The lowest BCUT2D eigenvalue weighted by Gasteiger charge is -2.25. The Labute approximate surface area is 243 Å². The van der Waals surface area contributed by atoms with Gasteiger partial charge < -0.3 is 26.4 Å². The number of carbonyl (C=O) groups is 4. The first kappa shape index (κ1) is 29.7. The average Bonchev–Trinajstić information content (AvgIpc) is 3.44. The molecule has 1 aliphatic rings. The maximum Gasteiger partial charge on any atom is 0.271 e. The van der Waals surface area contributed by atoms with E-state index < -0.39 is 29.9 Å². The number of fused-ring (bicyclic) bond motifs is 2. The summed E-state index contributed by atoms with van der Waals surface area (Å²) in [5, 5.41) is 23.5. The fourth-order valence-corrected chi connectivity index (χ4v) is 5.58. The number of phenols is 1. The smallest absolute Gasteiger partial charge is 0.271 e. The van der Waals surface area contributed by atoms with Crippen LogP contribution in [0, 0.1) is 5.92 Å². The number of nitrogens with one attached hydrogen (secondary N) is 4. The summed E-state index contributed by atoms with van der Waals surface area (Å²) in [6.07, 6.45) is 1.76. The zero-order valence-electron chi connectivity index (χ0n) is 23.1. The molecule has 4 rings (SSSR count). The summed E-state index contributed by atoms with van der Waals surface area (Å²) in [7, 11) is 0. The molecule has 3 aromatic rings. The van der Waals surface area contributed by atoms with Gasteiger partial charge in [-0.15, -0.1) is 11.3 Å². The molecule has 0 saturated heterocycles. The number of rotatable bonds is 5. The summed E-state index contributed by atoms with van der Waals surface area (Å²) >= 11 is 1.25. The standard InChI is InChI=1S/C30H35N5O5S/c1-18(2)25-30-34-24(17-41-30)29(40)33-23(15-19-9-4-3-5-10-19)27(38)31-14-7-6-13-22(28(39)35-25)32-26(37)20-11-8-12-21(36)16-20/h3-5,8-12,16-18,22-23,25,36H,6-7,13-15H2,1-2H3,(H,31,38)(H,32,37)(H,33,40)(H,35,39)/t22-,23+,25+/m0/s1. The second-order valence-corrected chi connectivity index (χ2v) is 11.3. The van der Waals surface area contributed by atoms with Crippen molar-refractivity contribution in [1.82, 2.24) is 26.3 Å². The highest BCUT2D eigenvalue weighted by molar-refractivity contribution is 7.09. The van der Waals surface area contributed by atoms with E-state index in [1.54, 1.807) is 17.5 Å². The van der Waals surface area contributed by atoms with Crippen LogP contribution in [0.15, 0.2) is 60.0 Å². The highest BCUT2D eigenvalue weighted by Crippen LogP contribution is 2.26. The molecule has 11 heteroatoms. The molecule has 0 spiro atoms. The lowest BCUT2D eigenvalue weighted by Crippen LogP contribution is -2.49. The largest absolute Gasteiger partial charge is 0.508 e. The molecule has 2 heterocycles. The first-order valence-electron chi connectivity index (χ1n) is 13.7. The zero-order valence-corrected chi connectivity index (χ0v) is 23.9. The summed E-state index contributed by atoms with van der Waals surface area (Å²) < 4.78 is 0. The van der Waals surface area contributed by atoms with Gasteiger partial charge in [0.15, 0.2) is 0 Å². The second kappa shape index (κ2) is 13.9. The summed E-state index contributed by atoms with van der Waals surface area (Å²) in [5.74, 6) is -1.75. The molecule has 0 aliphatic carbocycles. The van der Waals surface area contributed by atoms with Gasteiger partial charge in [-0.25, -0.2) is 4.98 Å². The predicted octanol–water partition coefficient (Wildman–Crippen LogP) is 3.10. The first-order valence-corrected chi connectivity index (χ1v) is 14.6. The first-order chi connectivity index (χ1) is 19.7. The third kappa shape index (κ3) is 8.14. The van der Waals surface area contributed by atoms with Crippen molar-refractivity contribution in [3.63, 3.8) is 0 Å². The SMILES string of the molecule is CC(C)[C@H]1NC(=O)[C@@H](NC(=O)c2cccc(O)c2)CCCCNC(=O)[C@@H](Cc2ccccc2)NC(=O)c2csc1n2. The number of amides is 4. The highest BCUT2D eigenvalue weighted by atomic mass is 32.1. The van der Waals surface area contributed by atoms with Crippen LogP contribution in [0.25, 0.3) is 0 Å². The van der Waals surface area contributed by atoms with Crippen molar-refractivity contribution in [3.8, 4) is 5.75 Å². The Morgan fingerprint density at radius 3 is 2.56 bits per heavy atom. The number of carbonyl (C=O) groups excluding carboxylic acids is 4. The average molecular weight is 578 g/mol. The number of thiazole rings is 1. The second-order valence-electron chi connectivity index (χ2n) is 10.4. The fraction of sp³-hybridized carbons (Fsp3) is 0.367. The topological polar surface area (TPSA) is 150 Å². The summed E-state index contributed by atoms with van der Waals surface area (Å²) in [4.78, 5) is 57.2. The lowest BCUT2D eigenvalue weighted by atomic mass is 10.0. The van der Waals surface area contributed by atoms with Crippen LogP contribution >= 0.6 is 11.3 Å². The molecule has 216 valence electrons. The van der Waals surface area contributed by atoms with Crippen LogP contribution in [0.4, 0.5) is 0 Å². The Hall–Kier alpha value is -4.25. The van der Waals surface area contributed by atoms with Crippen molar-refractivity contribution in [3.05, 3.63) is 81.8 Å². The molecule has 3 atom stereocenters. The van der Waals surface area contributed by atoms with Crippen LogP contribution in [0.2, 0.25) is 0 Å². The minimum absolute atomic E-state index is 0.0510. The van der Waals surface area contributed by atoms with Gasteiger partial charge in [0.2, 0.25) is 11.8 Å². The maximum absolute atomic E-state index is 13.5. The van der Waals surface area contributed by atoms with E-state index in [4.69, 9.17) is 0 Å². The van der Waals surface area contributed by atoms with E-state index in [-0.39, 0.29) is 34.7 Å². The van der Waals surface area contributed by atoms with Gasteiger partial charge >= 0.3 is 0 Å². The van der Waals surface area contributed by atoms with Crippen LogP contribution < -0.4 is 21.3 Å². The fourth-order valence-electron chi connectivity index (χ4n) is 4.56. The molecule has 0 unspecified atom stereocenters. The number of hydrogen-bond donors (Lipinski definition) is 5. The molecule has 1 aliphatic heterocycles. The van der Waals surface area contributed by atoms with Crippen molar-refractivity contribution < 1.29 is 24.3 Å². The Bertz CT molecular complexity index is 1380. The minimum atomic E-state index is -0.858. The van der Waals surface area contributed by atoms with Crippen molar-refractivity contribution in [1.29, 1.82) is 0 Å². The van der Waals surface area contributed by atoms with Gasteiger partial charge in [-0.05, 0) is 48.9 Å². The summed E-state index contributed by atoms with van der Waals surface area (Å²) in [5.41, 5.74) is 1.31. The van der Waals surface area contributed by atoms with Gasteiger partial charge in [0.25, 0.3) is 11.8 Å². The third-order valence-electron chi connectivity index (χ3n) is 6.84. The van der Waals surface area contributed by atoms with Crippen LogP contribution in [0.1, 0.15) is 70.6 Å². The van der Waals surface area contributed by atoms with Crippen LogP contribution in [-0.4, -0.2) is 52.3 Å². The molecule has 5 N–H and O–H groups in total. The predicted molar refractivity (Wildman–Crippen MR) is 155 cm³/mol. The van der Waals surface area contributed by atoms with E-state index in [2.05, 4.69) is 26.3 Å². The van der Waals surface area contributed by atoms with E-state index in [0.717, 1.165) is 5.56 Å². The maximum atomic E-state index is 13.5. The number of hydrogen-bond acceptors (Lipinski definition) is 7. The van der Waals surface area contributed by atoms with Gasteiger partial charge in [-0.3, -0.25) is 19.2 Å². The van der Waals surface area contributed by atoms with Gasteiger partial charge in [0.05, 0.1) is 6.04 Å². The number of phenolic OH excluding ortho intramolecular Hbond substituents is 1. The van der Waals surface area contributed by atoms with Gasteiger partial charge in [0.1, 0.15) is 28.5 Å². The molecule has 1 aromatic heterocycles. The Balaban J connectivity index is 1.58. The van der Waals surface area contributed by atoms with E-state index in [1.165, 1.54) is 23.5 Å². The van der Waals surface area contributed by atoms with E-state index in [0.29, 0.717) is 37.2 Å². The van der Waals surface area contributed by atoms with Crippen molar-refractivity contribution in [2.24, 2.45) is 5.92 Å². The number of aromatic nitrogens is 1. The Kier molecular flexibility index (Phi) is 10.1. The van der Waals surface area contributed by atoms with Crippen molar-refractivity contribution >= 4 is 35.0 Å². The molecule has 4 amide bonds. The molecular weight excluding hydrogens is 542 g/mol. The molecule has 41 heavy (non-hydrogen) atoms.